The van der Waals surface area contributed by atoms with E-state index in [0.29, 0.717) is 13.0 Å². The van der Waals surface area contributed by atoms with E-state index in [1.54, 1.807) is 11.3 Å². The second kappa shape index (κ2) is 7.07. The van der Waals surface area contributed by atoms with Crippen molar-refractivity contribution in [3.05, 3.63) is 57.8 Å². The lowest BCUT2D eigenvalue weighted by molar-refractivity contribution is -0.121. The Bertz CT molecular complexity index is 624. The molecule has 3 rings (SSSR count). The fourth-order valence-electron chi connectivity index (χ4n) is 3.01. The highest BCUT2D eigenvalue weighted by Crippen LogP contribution is 2.29. The number of benzene rings is 1. The highest BCUT2D eigenvalue weighted by Gasteiger charge is 2.25. The molecule has 1 aromatic heterocycles. The van der Waals surface area contributed by atoms with Crippen LogP contribution in [-0.4, -0.2) is 23.9 Å². The summed E-state index contributed by atoms with van der Waals surface area (Å²) >= 11 is 1.77. The van der Waals surface area contributed by atoms with Crippen LogP contribution in [0.15, 0.2) is 41.8 Å². The second-order valence-electron chi connectivity index (χ2n) is 5.68. The Kier molecular flexibility index (Phi) is 4.90. The second-order valence-corrected chi connectivity index (χ2v) is 6.66. The van der Waals surface area contributed by atoms with Crippen LogP contribution in [0.2, 0.25) is 0 Å². The van der Waals surface area contributed by atoms with Crippen molar-refractivity contribution in [2.75, 3.05) is 13.1 Å². The minimum atomic E-state index is 0.124. The number of nitrogens with zero attached hydrogens (tertiary/aromatic N) is 1. The van der Waals surface area contributed by atoms with E-state index in [4.69, 9.17) is 0 Å². The summed E-state index contributed by atoms with van der Waals surface area (Å²) in [6.45, 7) is 4.59. The Morgan fingerprint density at radius 3 is 2.82 bits per heavy atom. The molecule has 0 fully saturated rings. The van der Waals surface area contributed by atoms with Crippen LogP contribution >= 0.6 is 11.3 Å². The first kappa shape index (κ1) is 15.3. The smallest absolute Gasteiger partial charge is 0.219 e. The minimum absolute atomic E-state index is 0.124. The average Bonchev–Trinajstić information content (AvgIpc) is 3.09. The number of fused-ring (bicyclic) bond motifs is 1. The maximum Gasteiger partial charge on any atom is 0.219 e. The molecule has 3 nitrogen and oxygen atoms in total. The summed E-state index contributed by atoms with van der Waals surface area (Å²) in [4.78, 5) is 15.5. The predicted octanol–water partition coefficient (Wildman–Crippen LogP) is 3.37. The van der Waals surface area contributed by atoms with E-state index < -0.39 is 0 Å². The molecule has 1 amide bonds. The molecule has 0 saturated carbocycles. The molecule has 0 saturated heterocycles. The number of carbonyl (C=O) groups is 1. The van der Waals surface area contributed by atoms with Gasteiger partial charge in [0.1, 0.15) is 0 Å². The molecule has 1 aromatic carbocycles. The van der Waals surface area contributed by atoms with Crippen LogP contribution in [0.3, 0.4) is 0 Å². The first-order valence-corrected chi connectivity index (χ1v) is 8.77. The summed E-state index contributed by atoms with van der Waals surface area (Å²) in [7, 11) is 0. The fraction of sp³-hybridized carbons (Fsp3) is 0.389. The molecule has 0 unspecified atom stereocenters. The number of thiophene rings is 1. The monoisotopic (exact) mass is 314 g/mol. The topological polar surface area (TPSA) is 32.3 Å². The third-order valence-electron chi connectivity index (χ3n) is 4.29. The lowest BCUT2D eigenvalue weighted by Gasteiger charge is -2.35. The third-order valence-corrected chi connectivity index (χ3v) is 5.26. The number of carbonyl (C=O) groups excluding carboxylic acids is 1. The summed E-state index contributed by atoms with van der Waals surface area (Å²) in [5.74, 6) is 0.124. The summed E-state index contributed by atoms with van der Waals surface area (Å²) in [5, 5.41) is 5.18. The third kappa shape index (κ3) is 3.39. The van der Waals surface area contributed by atoms with Crippen LogP contribution in [0.1, 0.15) is 35.4 Å². The largest absolute Gasteiger partial charge is 0.354 e. The van der Waals surface area contributed by atoms with E-state index in [2.05, 4.69) is 52.0 Å². The van der Waals surface area contributed by atoms with Crippen molar-refractivity contribution < 1.29 is 4.79 Å². The van der Waals surface area contributed by atoms with Crippen molar-refractivity contribution in [1.29, 1.82) is 0 Å². The van der Waals surface area contributed by atoms with Crippen LogP contribution in [0.4, 0.5) is 0 Å². The molecular formula is C18H22N2OS. The molecule has 1 aliphatic heterocycles. The SMILES string of the molecule is CCC(=O)NC[C@H](c1cccs1)N1CCc2ccccc2C1. The molecule has 1 aliphatic rings. The molecule has 0 spiro atoms. The van der Waals surface area contributed by atoms with Gasteiger partial charge in [-0.25, -0.2) is 0 Å². The highest BCUT2D eigenvalue weighted by molar-refractivity contribution is 7.10. The number of amides is 1. The van der Waals surface area contributed by atoms with Crippen molar-refractivity contribution in [3.63, 3.8) is 0 Å². The summed E-state index contributed by atoms with van der Waals surface area (Å²) in [6.07, 6.45) is 1.62. The van der Waals surface area contributed by atoms with E-state index in [1.807, 2.05) is 6.92 Å². The molecule has 4 heteroatoms. The Morgan fingerprint density at radius 2 is 2.09 bits per heavy atom. The molecule has 116 valence electrons. The standard InChI is InChI=1S/C18H22N2OS/c1-2-18(21)19-12-16(17-8-5-11-22-17)20-10-9-14-6-3-4-7-15(14)13-20/h3-8,11,16H,2,9-10,12-13H2,1H3,(H,19,21)/t16-/m1/s1. The van der Waals surface area contributed by atoms with Crippen LogP contribution < -0.4 is 5.32 Å². The van der Waals surface area contributed by atoms with Gasteiger partial charge in [-0.1, -0.05) is 37.3 Å². The lowest BCUT2D eigenvalue weighted by atomic mass is 9.98. The first-order chi connectivity index (χ1) is 10.8. The van der Waals surface area contributed by atoms with Gasteiger partial charge < -0.3 is 5.32 Å². The molecule has 1 atom stereocenters. The van der Waals surface area contributed by atoms with E-state index >= 15 is 0 Å². The van der Waals surface area contributed by atoms with Crippen molar-refractivity contribution in [3.8, 4) is 0 Å². The van der Waals surface area contributed by atoms with Gasteiger partial charge in [0.15, 0.2) is 0 Å². The van der Waals surface area contributed by atoms with Crippen molar-refractivity contribution >= 4 is 17.2 Å². The van der Waals surface area contributed by atoms with E-state index in [9.17, 15) is 4.79 Å². The van der Waals surface area contributed by atoms with Gasteiger partial charge >= 0.3 is 0 Å². The van der Waals surface area contributed by atoms with Gasteiger partial charge in [-0.15, -0.1) is 11.3 Å². The van der Waals surface area contributed by atoms with Gasteiger partial charge in [-0.05, 0) is 29.0 Å². The van der Waals surface area contributed by atoms with Gasteiger partial charge in [0.25, 0.3) is 0 Å². The van der Waals surface area contributed by atoms with Crippen LogP contribution in [0, 0.1) is 0 Å². The van der Waals surface area contributed by atoms with Crippen molar-refractivity contribution in [2.24, 2.45) is 0 Å². The average molecular weight is 314 g/mol. The minimum Gasteiger partial charge on any atom is -0.354 e. The van der Waals surface area contributed by atoms with Crippen molar-refractivity contribution in [2.45, 2.75) is 32.4 Å². The Labute approximate surface area is 136 Å². The molecular weight excluding hydrogens is 292 g/mol. The van der Waals surface area contributed by atoms with Gasteiger partial charge in [0.2, 0.25) is 5.91 Å². The molecule has 2 heterocycles. The molecule has 0 radical (unpaired) electrons. The fourth-order valence-corrected chi connectivity index (χ4v) is 3.87. The van der Waals surface area contributed by atoms with Gasteiger partial charge in [-0.2, -0.15) is 0 Å². The van der Waals surface area contributed by atoms with Crippen LogP contribution in [-0.2, 0) is 17.8 Å². The zero-order valence-corrected chi connectivity index (χ0v) is 13.7. The Hall–Kier alpha value is -1.65. The summed E-state index contributed by atoms with van der Waals surface area (Å²) < 4.78 is 0. The van der Waals surface area contributed by atoms with Crippen LogP contribution in [0.25, 0.3) is 0 Å². The molecule has 2 aromatic rings. The highest BCUT2D eigenvalue weighted by atomic mass is 32.1. The summed E-state index contributed by atoms with van der Waals surface area (Å²) in [6, 6.07) is 13.2. The Morgan fingerprint density at radius 1 is 1.27 bits per heavy atom. The molecule has 22 heavy (non-hydrogen) atoms. The quantitative estimate of drug-likeness (QED) is 0.917. The van der Waals surface area contributed by atoms with Gasteiger partial charge in [0, 0.05) is 30.9 Å². The normalized spacial score (nSPS) is 16.0. The lowest BCUT2D eigenvalue weighted by Crippen LogP contribution is -2.40. The maximum absolute atomic E-state index is 11.6. The van der Waals surface area contributed by atoms with E-state index in [1.165, 1.54) is 16.0 Å². The summed E-state index contributed by atoms with van der Waals surface area (Å²) in [5.41, 5.74) is 2.87. The van der Waals surface area contributed by atoms with Gasteiger partial charge in [0.05, 0.1) is 6.04 Å². The zero-order chi connectivity index (χ0) is 15.4. The van der Waals surface area contributed by atoms with Gasteiger partial charge in [-0.3, -0.25) is 9.69 Å². The van der Waals surface area contributed by atoms with E-state index in [-0.39, 0.29) is 11.9 Å². The molecule has 0 aliphatic carbocycles. The molecule has 0 bridgehead atoms. The first-order valence-electron chi connectivity index (χ1n) is 7.89. The number of hydrogen-bond acceptors (Lipinski definition) is 3. The van der Waals surface area contributed by atoms with Crippen LogP contribution in [0.5, 0.6) is 0 Å². The number of nitrogens with one attached hydrogen (secondary N) is 1. The number of hydrogen-bond donors (Lipinski definition) is 1. The number of rotatable bonds is 5. The maximum atomic E-state index is 11.6. The predicted molar refractivity (Wildman–Crippen MR) is 90.9 cm³/mol. The Balaban J connectivity index is 1.76. The van der Waals surface area contributed by atoms with Crippen molar-refractivity contribution in [1.82, 2.24) is 10.2 Å². The zero-order valence-electron chi connectivity index (χ0n) is 12.9. The van der Waals surface area contributed by atoms with E-state index in [0.717, 1.165) is 19.5 Å². The molecule has 1 N–H and O–H groups in total.